The number of ether oxygens (including phenoxy) is 1. The Balaban J connectivity index is 2.55. The Labute approximate surface area is 96.2 Å². The van der Waals surface area contributed by atoms with Gasteiger partial charge >= 0.3 is 5.97 Å². The fraction of sp³-hybridized carbons (Fsp3) is 0.538. The number of esters is 1. The fourth-order valence-electron chi connectivity index (χ4n) is 2.16. The van der Waals surface area contributed by atoms with Gasteiger partial charge in [0.1, 0.15) is 5.78 Å². The van der Waals surface area contributed by atoms with Crippen molar-refractivity contribution in [2.45, 2.75) is 25.7 Å². The van der Waals surface area contributed by atoms with Crippen LogP contribution in [0.4, 0.5) is 0 Å². The van der Waals surface area contributed by atoms with Crippen molar-refractivity contribution >= 4 is 11.8 Å². The van der Waals surface area contributed by atoms with Crippen molar-refractivity contribution in [2.24, 2.45) is 11.8 Å². The summed E-state index contributed by atoms with van der Waals surface area (Å²) in [5.41, 5.74) is 0. The Morgan fingerprint density at radius 3 is 3.00 bits per heavy atom. The first-order chi connectivity index (χ1) is 7.69. The minimum atomic E-state index is -0.225. The van der Waals surface area contributed by atoms with Crippen molar-refractivity contribution < 1.29 is 14.3 Å². The molecule has 0 amide bonds. The van der Waals surface area contributed by atoms with Gasteiger partial charge in [-0.1, -0.05) is 24.8 Å². The molecule has 0 aliphatic heterocycles. The second kappa shape index (κ2) is 6.26. The van der Waals surface area contributed by atoms with Crippen LogP contribution in [0.5, 0.6) is 0 Å². The Hall–Kier alpha value is -1.38. The molecule has 1 fully saturated rings. The zero-order valence-electron chi connectivity index (χ0n) is 9.65. The summed E-state index contributed by atoms with van der Waals surface area (Å²) in [4.78, 5) is 22.8. The molecule has 0 radical (unpaired) electrons. The number of carbonyl (C=O) groups excluding carboxylic acids is 2. The highest BCUT2D eigenvalue weighted by Gasteiger charge is 2.34. The van der Waals surface area contributed by atoms with E-state index in [2.05, 4.69) is 11.3 Å². The molecule has 0 heterocycles. The molecule has 2 atom stereocenters. The van der Waals surface area contributed by atoms with Crippen LogP contribution >= 0.6 is 0 Å². The third-order valence-corrected chi connectivity index (χ3v) is 3.06. The van der Waals surface area contributed by atoms with Crippen LogP contribution in [0.15, 0.2) is 24.8 Å². The number of allylic oxidation sites excluding steroid dienone is 3. The van der Waals surface area contributed by atoms with Crippen LogP contribution in [-0.4, -0.2) is 18.9 Å². The van der Waals surface area contributed by atoms with Crippen molar-refractivity contribution in [2.75, 3.05) is 7.11 Å². The summed E-state index contributed by atoms with van der Waals surface area (Å²) in [6, 6.07) is 0. The molecule has 1 saturated carbocycles. The molecule has 3 nitrogen and oxygen atoms in total. The SMILES string of the molecule is C=CC=CCC1C(=O)CCC1CC(=O)OC. The minimum Gasteiger partial charge on any atom is -0.469 e. The molecular formula is C13H18O3. The van der Waals surface area contributed by atoms with Gasteiger partial charge in [0.05, 0.1) is 7.11 Å². The van der Waals surface area contributed by atoms with Crippen LogP contribution in [0, 0.1) is 11.8 Å². The molecule has 0 saturated heterocycles. The number of hydrogen-bond acceptors (Lipinski definition) is 3. The number of rotatable bonds is 5. The molecule has 0 N–H and O–H groups in total. The van der Waals surface area contributed by atoms with E-state index in [9.17, 15) is 9.59 Å². The maximum absolute atomic E-state index is 11.6. The standard InChI is InChI=1S/C13H18O3/c1-3-4-5-6-11-10(7-8-12(11)14)9-13(15)16-2/h3-5,10-11H,1,6-9H2,2H3. The molecule has 0 aromatic rings. The number of hydrogen-bond donors (Lipinski definition) is 0. The molecular weight excluding hydrogens is 204 g/mol. The van der Waals surface area contributed by atoms with Gasteiger partial charge in [-0.2, -0.15) is 0 Å². The topological polar surface area (TPSA) is 43.4 Å². The molecule has 1 rings (SSSR count). The molecule has 16 heavy (non-hydrogen) atoms. The number of carbonyl (C=O) groups is 2. The number of ketones is 1. The first-order valence-corrected chi connectivity index (χ1v) is 5.56. The number of Topliss-reactive ketones (excluding diaryl/α,β-unsaturated/α-hetero) is 1. The normalized spacial score (nSPS) is 24.9. The van der Waals surface area contributed by atoms with Crippen LogP contribution in [0.3, 0.4) is 0 Å². The second-order valence-electron chi connectivity index (χ2n) is 4.05. The monoisotopic (exact) mass is 222 g/mol. The average Bonchev–Trinajstić information content (AvgIpc) is 2.61. The van der Waals surface area contributed by atoms with Gasteiger partial charge in [0.25, 0.3) is 0 Å². The summed E-state index contributed by atoms with van der Waals surface area (Å²) in [6.07, 6.45) is 7.91. The first-order valence-electron chi connectivity index (χ1n) is 5.56. The molecule has 3 heteroatoms. The minimum absolute atomic E-state index is 0.0182. The molecule has 0 spiro atoms. The summed E-state index contributed by atoms with van der Waals surface area (Å²) in [5.74, 6) is 0.171. The van der Waals surface area contributed by atoms with E-state index in [1.54, 1.807) is 6.08 Å². The van der Waals surface area contributed by atoms with Crippen molar-refractivity contribution in [3.8, 4) is 0 Å². The lowest BCUT2D eigenvalue weighted by Crippen LogP contribution is -2.18. The van der Waals surface area contributed by atoms with E-state index in [0.717, 1.165) is 6.42 Å². The zero-order chi connectivity index (χ0) is 12.0. The highest BCUT2D eigenvalue weighted by molar-refractivity contribution is 5.84. The highest BCUT2D eigenvalue weighted by atomic mass is 16.5. The summed E-state index contributed by atoms with van der Waals surface area (Å²) < 4.78 is 4.64. The predicted molar refractivity (Wildman–Crippen MR) is 61.8 cm³/mol. The van der Waals surface area contributed by atoms with Crippen LogP contribution in [0.2, 0.25) is 0 Å². The number of methoxy groups -OCH3 is 1. The third kappa shape index (κ3) is 3.33. The van der Waals surface area contributed by atoms with Gasteiger partial charge in [-0.05, 0) is 18.8 Å². The van der Waals surface area contributed by atoms with Gasteiger partial charge < -0.3 is 4.74 Å². The van der Waals surface area contributed by atoms with Gasteiger partial charge in [-0.15, -0.1) is 0 Å². The molecule has 0 aromatic carbocycles. The molecule has 1 aliphatic rings. The predicted octanol–water partition coefficient (Wildman–Crippen LogP) is 2.28. The average molecular weight is 222 g/mol. The Kier molecular flexibility index (Phi) is 4.96. The van der Waals surface area contributed by atoms with Crippen molar-refractivity contribution in [3.63, 3.8) is 0 Å². The van der Waals surface area contributed by atoms with E-state index in [-0.39, 0.29) is 23.6 Å². The Morgan fingerprint density at radius 2 is 2.38 bits per heavy atom. The quantitative estimate of drug-likeness (QED) is 0.529. The van der Waals surface area contributed by atoms with Crippen molar-refractivity contribution in [3.05, 3.63) is 24.8 Å². The maximum Gasteiger partial charge on any atom is 0.305 e. The van der Waals surface area contributed by atoms with Crippen molar-refractivity contribution in [1.82, 2.24) is 0 Å². The largest absolute Gasteiger partial charge is 0.469 e. The fourth-order valence-corrected chi connectivity index (χ4v) is 2.16. The van der Waals surface area contributed by atoms with Gasteiger partial charge in [0, 0.05) is 18.8 Å². The maximum atomic E-state index is 11.6. The summed E-state index contributed by atoms with van der Waals surface area (Å²) in [5, 5.41) is 0. The first kappa shape index (κ1) is 12.7. The molecule has 88 valence electrons. The van der Waals surface area contributed by atoms with Gasteiger partial charge in [0.15, 0.2) is 0 Å². The lowest BCUT2D eigenvalue weighted by molar-refractivity contribution is -0.142. The van der Waals surface area contributed by atoms with Crippen LogP contribution in [0.1, 0.15) is 25.7 Å². The Bertz CT molecular complexity index is 304. The van der Waals surface area contributed by atoms with E-state index in [4.69, 9.17) is 0 Å². The summed E-state index contributed by atoms with van der Waals surface area (Å²) in [7, 11) is 1.38. The summed E-state index contributed by atoms with van der Waals surface area (Å²) >= 11 is 0. The second-order valence-corrected chi connectivity index (χ2v) is 4.05. The summed E-state index contributed by atoms with van der Waals surface area (Å²) in [6.45, 7) is 3.58. The molecule has 0 bridgehead atoms. The highest BCUT2D eigenvalue weighted by Crippen LogP contribution is 2.34. The van der Waals surface area contributed by atoms with Gasteiger partial charge in [-0.3, -0.25) is 9.59 Å². The van der Waals surface area contributed by atoms with E-state index in [1.807, 2.05) is 12.2 Å². The zero-order valence-corrected chi connectivity index (χ0v) is 9.65. The smallest absolute Gasteiger partial charge is 0.305 e. The third-order valence-electron chi connectivity index (χ3n) is 3.06. The van der Waals surface area contributed by atoms with E-state index < -0.39 is 0 Å². The van der Waals surface area contributed by atoms with E-state index in [0.29, 0.717) is 19.3 Å². The van der Waals surface area contributed by atoms with Crippen LogP contribution in [0.25, 0.3) is 0 Å². The molecule has 0 aromatic heterocycles. The Morgan fingerprint density at radius 1 is 1.62 bits per heavy atom. The van der Waals surface area contributed by atoms with Crippen LogP contribution < -0.4 is 0 Å². The van der Waals surface area contributed by atoms with Gasteiger partial charge in [-0.25, -0.2) is 0 Å². The lowest BCUT2D eigenvalue weighted by Gasteiger charge is -2.15. The van der Waals surface area contributed by atoms with Crippen LogP contribution in [-0.2, 0) is 14.3 Å². The lowest BCUT2D eigenvalue weighted by atomic mass is 9.89. The molecule has 2 unspecified atom stereocenters. The van der Waals surface area contributed by atoms with E-state index >= 15 is 0 Å². The van der Waals surface area contributed by atoms with E-state index in [1.165, 1.54) is 7.11 Å². The van der Waals surface area contributed by atoms with Gasteiger partial charge in [0.2, 0.25) is 0 Å². The van der Waals surface area contributed by atoms with Crippen molar-refractivity contribution in [1.29, 1.82) is 0 Å². The molecule has 1 aliphatic carbocycles.